The van der Waals surface area contributed by atoms with Gasteiger partial charge in [0.15, 0.2) is 6.61 Å². The number of carbonyl (C=O) groups is 1. The van der Waals surface area contributed by atoms with Gasteiger partial charge in [-0.05, 0) is 32.4 Å². The fourth-order valence-electron chi connectivity index (χ4n) is 1.97. The Morgan fingerprint density at radius 1 is 1.40 bits per heavy atom. The van der Waals surface area contributed by atoms with Gasteiger partial charge in [0.25, 0.3) is 5.91 Å². The maximum Gasteiger partial charge on any atom is 0.260 e. The molecule has 0 radical (unpaired) electrons. The number of likely N-dealkylation sites (N-methyl/N-ethyl adjacent to an activating group) is 1. The largest absolute Gasteiger partial charge is 0.483 e. The van der Waals surface area contributed by atoms with E-state index in [9.17, 15) is 4.79 Å². The molecule has 1 unspecified atom stereocenters. The molecule has 2 N–H and O–H groups in total. The molecule has 0 aliphatic heterocycles. The molecule has 1 aromatic carbocycles. The molecule has 0 saturated carbocycles. The van der Waals surface area contributed by atoms with Crippen molar-refractivity contribution in [1.29, 1.82) is 0 Å². The zero-order valence-electron chi connectivity index (χ0n) is 12.3. The van der Waals surface area contributed by atoms with Crippen LogP contribution in [0.25, 0.3) is 0 Å². The average Bonchev–Trinajstić information content (AvgIpc) is 2.45. The summed E-state index contributed by atoms with van der Waals surface area (Å²) in [6.07, 6.45) is 0.920. The fourth-order valence-corrected chi connectivity index (χ4v) is 2.14. The molecule has 110 valence electrons. The van der Waals surface area contributed by atoms with Crippen LogP contribution in [-0.4, -0.2) is 35.0 Å². The van der Waals surface area contributed by atoms with E-state index in [0.29, 0.717) is 17.9 Å². The summed E-state index contributed by atoms with van der Waals surface area (Å²) in [6.45, 7) is 6.73. The van der Waals surface area contributed by atoms with Crippen molar-refractivity contribution in [2.24, 2.45) is 5.73 Å². The van der Waals surface area contributed by atoms with Gasteiger partial charge in [-0.3, -0.25) is 4.79 Å². The molecule has 0 aliphatic rings. The molecule has 20 heavy (non-hydrogen) atoms. The van der Waals surface area contributed by atoms with Gasteiger partial charge in [-0.2, -0.15) is 0 Å². The number of rotatable bonds is 7. The lowest BCUT2D eigenvalue weighted by Gasteiger charge is -2.27. The predicted molar refractivity (Wildman–Crippen MR) is 85.0 cm³/mol. The molecule has 0 heterocycles. The van der Waals surface area contributed by atoms with Crippen LogP contribution >= 0.6 is 12.2 Å². The molecule has 1 rings (SSSR count). The number of ether oxygens (including phenoxy) is 1. The third-order valence-corrected chi connectivity index (χ3v) is 3.51. The quantitative estimate of drug-likeness (QED) is 0.784. The number of benzene rings is 1. The summed E-state index contributed by atoms with van der Waals surface area (Å²) in [5, 5.41) is 0. The van der Waals surface area contributed by atoms with E-state index in [1.54, 1.807) is 12.1 Å². The Labute approximate surface area is 125 Å². The van der Waals surface area contributed by atoms with Gasteiger partial charge in [0.2, 0.25) is 0 Å². The maximum atomic E-state index is 12.2. The smallest absolute Gasteiger partial charge is 0.260 e. The van der Waals surface area contributed by atoms with Gasteiger partial charge in [0.1, 0.15) is 10.7 Å². The molecule has 0 bridgehead atoms. The highest BCUT2D eigenvalue weighted by Crippen LogP contribution is 2.18. The second-order valence-electron chi connectivity index (χ2n) is 4.59. The van der Waals surface area contributed by atoms with Crippen LogP contribution in [0.4, 0.5) is 0 Å². The summed E-state index contributed by atoms with van der Waals surface area (Å²) in [5.74, 6) is 0.521. The lowest BCUT2D eigenvalue weighted by Crippen LogP contribution is -2.41. The molecular formula is C15H22N2O2S. The lowest BCUT2D eigenvalue weighted by molar-refractivity contribution is -0.135. The lowest BCUT2D eigenvalue weighted by atomic mass is 10.2. The molecule has 1 aromatic rings. The monoisotopic (exact) mass is 294 g/mol. The Balaban J connectivity index is 2.72. The van der Waals surface area contributed by atoms with E-state index >= 15 is 0 Å². The number of amides is 1. The van der Waals surface area contributed by atoms with Crippen LogP contribution in [0.3, 0.4) is 0 Å². The van der Waals surface area contributed by atoms with Gasteiger partial charge in [0.05, 0.1) is 5.56 Å². The number of nitrogens with zero attached hydrogens (tertiary/aromatic N) is 1. The van der Waals surface area contributed by atoms with Gasteiger partial charge in [-0.25, -0.2) is 0 Å². The number of carbonyl (C=O) groups excluding carboxylic acids is 1. The summed E-state index contributed by atoms with van der Waals surface area (Å²) in [4.78, 5) is 14.2. The SMILES string of the molecule is CCC(C)N(CC)C(=O)COc1ccccc1C(N)=S. The van der Waals surface area contributed by atoms with E-state index in [1.165, 1.54) is 0 Å². The van der Waals surface area contributed by atoms with Crippen LogP contribution in [0, 0.1) is 0 Å². The third-order valence-electron chi connectivity index (χ3n) is 3.29. The van der Waals surface area contributed by atoms with Crippen molar-refractivity contribution in [2.75, 3.05) is 13.2 Å². The molecule has 1 amide bonds. The van der Waals surface area contributed by atoms with Crippen LogP contribution in [-0.2, 0) is 4.79 Å². The number of nitrogens with two attached hydrogens (primary N) is 1. The van der Waals surface area contributed by atoms with Crippen molar-refractivity contribution < 1.29 is 9.53 Å². The topological polar surface area (TPSA) is 55.6 Å². The molecule has 5 heteroatoms. The first kappa shape index (κ1) is 16.4. The Bertz CT molecular complexity index is 477. The Morgan fingerprint density at radius 2 is 2.05 bits per heavy atom. The van der Waals surface area contributed by atoms with Crippen molar-refractivity contribution in [3.63, 3.8) is 0 Å². The molecule has 0 saturated heterocycles. The van der Waals surface area contributed by atoms with E-state index in [4.69, 9.17) is 22.7 Å². The molecule has 0 spiro atoms. The van der Waals surface area contributed by atoms with Crippen LogP contribution in [0.1, 0.15) is 32.8 Å². The zero-order chi connectivity index (χ0) is 15.1. The van der Waals surface area contributed by atoms with Gasteiger partial charge in [-0.1, -0.05) is 31.3 Å². The Kier molecular flexibility index (Phi) is 6.45. The van der Waals surface area contributed by atoms with Crippen molar-refractivity contribution in [1.82, 2.24) is 4.90 Å². The van der Waals surface area contributed by atoms with Crippen molar-refractivity contribution in [3.8, 4) is 5.75 Å². The standard InChI is InChI=1S/C15H22N2O2S/c1-4-11(3)17(5-2)14(18)10-19-13-9-7-6-8-12(13)15(16)20/h6-9,11H,4-5,10H2,1-3H3,(H2,16,20). The molecular weight excluding hydrogens is 272 g/mol. The molecule has 0 aromatic heterocycles. The predicted octanol–water partition coefficient (Wildman–Crippen LogP) is 2.35. The van der Waals surface area contributed by atoms with Gasteiger partial charge in [-0.15, -0.1) is 0 Å². The normalized spacial score (nSPS) is 11.8. The second kappa shape index (κ2) is 7.85. The van der Waals surface area contributed by atoms with Crippen LogP contribution < -0.4 is 10.5 Å². The number of hydrogen-bond donors (Lipinski definition) is 1. The highest BCUT2D eigenvalue weighted by Gasteiger charge is 2.18. The van der Waals surface area contributed by atoms with Crippen molar-refractivity contribution in [3.05, 3.63) is 29.8 Å². The fraction of sp³-hybridized carbons (Fsp3) is 0.467. The first-order chi connectivity index (χ1) is 9.51. The molecule has 0 fully saturated rings. The average molecular weight is 294 g/mol. The third kappa shape index (κ3) is 4.20. The second-order valence-corrected chi connectivity index (χ2v) is 5.03. The van der Waals surface area contributed by atoms with E-state index < -0.39 is 0 Å². The van der Waals surface area contributed by atoms with Gasteiger partial charge < -0.3 is 15.4 Å². The van der Waals surface area contributed by atoms with Crippen LogP contribution in [0.2, 0.25) is 0 Å². The van der Waals surface area contributed by atoms with Crippen LogP contribution in [0.15, 0.2) is 24.3 Å². The van der Waals surface area contributed by atoms with Gasteiger partial charge >= 0.3 is 0 Å². The minimum atomic E-state index is -0.0282. The number of para-hydroxylation sites is 1. The van der Waals surface area contributed by atoms with E-state index in [-0.39, 0.29) is 23.5 Å². The summed E-state index contributed by atoms with van der Waals surface area (Å²) in [7, 11) is 0. The van der Waals surface area contributed by atoms with E-state index in [0.717, 1.165) is 6.42 Å². The molecule has 0 aliphatic carbocycles. The Morgan fingerprint density at radius 3 is 2.60 bits per heavy atom. The zero-order valence-corrected chi connectivity index (χ0v) is 13.1. The van der Waals surface area contributed by atoms with Gasteiger partial charge in [0, 0.05) is 12.6 Å². The maximum absolute atomic E-state index is 12.2. The minimum Gasteiger partial charge on any atom is -0.483 e. The summed E-state index contributed by atoms with van der Waals surface area (Å²) in [5.41, 5.74) is 6.29. The number of thiocarbonyl (C=S) groups is 1. The molecule has 1 atom stereocenters. The number of hydrogen-bond acceptors (Lipinski definition) is 3. The van der Waals surface area contributed by atoms with E-state index in [1.807, 2.05) is 30.9 Å². The first-order valence-electron chi connectivity index (χ1n) is 6.82. The Hall–Kier alpha value is -1.62. The highest BCUT2D eigenvalue weighted by atomic mass is 32.1. The minimum absolute atomic E-state index is 0.00218. The molecule has 4 nitrogen and oxygen atoms in total. The first-order valence-corrected chi connectivity index (χ1v) is 7.23. The van der Waals surface area contributed by atoms with Crippen molar-refractivity contribution in [2.45, 2.75) is 33.2 Å². The summed E-state index contributed by atoms with van der Waals surface area (Å²) < 4.78 is 5.58. The summed E-state index contributed by atoms with van der Waals surface area (Å²) in [6, 6.07) is 7.42. The van der Waals surface area contributed by atoms with Crippen LogP contribution in [0.5, 0.6) is 5.75 Å². The van der Waals surface area contributed by atoms with Crippen molar-refractivity contribution >= 4 is 23.1 Å². The highest BCUT2D eigenvalue weighted by molar-refractivity contribution is 7.80. The van der Waals surface area contributed by atoms with E-state index in [2.05, 4.69) is 6.92 Å². The summed E-state index contributed by atoms with van der Waals surface area (Å²) >= 11 is 4.97.